The number of ketones is 1. The maximum Gasteiger partial charge on any atom is 0.243 e. The summed E-state index contributed by atoms with van der Waals surface area (Å²) < 4.78 is 35.2. The molecule has 0 bridgehead atoms. The minimum atomic E-state index is -3.71. The van der Waals surface area contributed by atoms with E-state index in [2.05, 4.69) is 17.1 Å². The number of thioether (sulfide) groups is 1. The molecule has 0 saturated carbocycles. The molecule has 208 valence electrons. The minimum Gasteiger partial charge on any atom is -0.379 e. The topological polar surface area (TPSA) is 94.4 Å². The van der Waals surface area contributed by atoms with E-state index in [4.69, 9.17) is 16.3 Å². The summed E-state index contributed by atoms with van der Waals surface area (Å²) in [6.07, 6.45) is 0.902. The maximum absolute atomic E-state index is 13.3. The Morgan fingerprint density at radius 1 is 1.02 bits per heavy atom. The van der Waals surface area contributed by atoms with Crippen LogP contribution in [0.2, 0.25) is 5.02 Å². The number of halogens is 1. The quantitative estimate of drug-likeness (QED) is 0.185. The van der Waals surface area contributed by atoms with E-state index in [1.807, 2.05) is 43.3 Å². The summed E-state index contributed by atoms with van der Waals surface area (Å²) in [5.41, 5.74) is 3.07. The fourth-order valence-corrected chi connectivity index (χ4v) is 7.05. The van der Waals surface area contributed by atoms with Gasteiger partial charge in [0.05, 0.1) is 29.0 Å². The number of hydrogen-bond donors (Lipinski definition) is 0. The third kappa shape index (κ3) is 6.01. The molecular formula is C29H29ClN4O4S2. The van der Waals surface area contributed by atoms with Crippen molar-refractivity contribution in [2.75, 3.05) is 26.3 Å². The van der Waals surface area contributed by atoms with Gasteiger partial charge in [-0.05, 0) is 49.2 Å². The van der Waals surface area contributed by atoms with Crippen LogP contribution in [0.15, 0.2) is 82.8 Å². The van der Waals surface area contributed by atoms with Crippen molar-refractivity contribution in [1.82, 2.24) is 19.1 Å². The summed E-state index contributed by atoms with van der Waals surface area (Å²) in [6.45, 7) is 5.25. The molecule has 0 spiro atoms. The lowest BCUT2D eigenvalue weighted by molar-refractivity contribution is 0.0730. The molecule has 1 aromatic heterocycles. The second-order valence-corrected chi connectivity index (χ2v) is 13.0. The van der Waals surface area contributed by atoms with Crippen LogP contribution in [0.4, 0.5) is 0 Å². The molecule has 2 heterocycles. The van der Waals surface area contributed by atoms with Crippen LogP contribution >= 0.6 is 23.4 Å². The van der Waals surface area contributed by atoms with Gasteiger partial charge in [-0.1, -0.05) is 72.8 Å². The number of nitrogens with zero attached hydrogens (tertiary/aromatic N) is 4. The highest BCUT2D eigenvalue weighted by molar-refractivity contribution is 8.00. The lowest BCUT2D eigenvalue weighted by Crippen LogP contribution is -2.40. The SMILES string of the molecule is CCc1ccc(C(=O)[C@H](C)Sc2nnc(-c3cccc(S(=O)(=O)N4CCOCC4)c3)n2-c2cccc(Cl)c2)cc1. The van der Waals surface area contributed by atoms with Crippen molar-refractivity contribution < 1.29 is 17.9 Å². The monoisotopic (exact) mass is 596 g/mol. The van der Waals surface area contributed by atoms with Crippen molar-refractivity contribution in [3.05, 3.63) is 88.9 Å². The molecule has 5 rings (SSSR count). The fourth-order valence-electron chi connectivity index (χ4n) is 4.46. The number of sulfonamides is 1. The molecule has 0 amide bonds. The lowest BCUT2D eigenvalue weighted by atomic mass is 10.1. The van der Waals surface area contributed by atoms with Gasteiger partial charge in [0.25, 0.3) is 0 Å². The van der Waals surface area contributed by atoms with Crippen LogP contribution in [0, 0.1) is 0 Å². The molecule has 40 heavy (non-hydrogen) atoms. The van der Waals surface area contributed by atoms with Crippen LogP contribution < -0.4 is 0 Å². The summed E-state index contributed by atoms with van der Waals surface area (Å²) >= 11 is 7.62. The van der Waals surface area contributed by atoms with E-state index in [9.17, 15) is 13.2 Å². The van der Waals surface area contributed by atoms with E-state index in [0.29, 0.717) is 59.1 Å². The van der Waals surface area contributed by atoms with Gasteiger partial charge in [-0.3, -0.25) is 9.36 Å². The number of carbonyl (C=O) groups is 1. The van der Waals surface area contributed by atoms with E-state index in [1.54, 1.807) is 41.0 Å². The highest BCUT2D eigenvalue weighted by Crippen LogP contribution is 2.33. The molecule has 11 heteroatoms. The molecule has 1 saturated heterocycles. The Morgan fingerprint density at radius 3 is 2.45 bits per heavy atom. The summed E-state index contributed by atoms with van der Waals surface area (Å²) in [4.78, 5) is 13.4. The zero-order chi connectivity index (χ0) is 28.3. The van der Waals surface area contributed by atoms with E-state index in [1.165, 1.54) is 21.6 Å². The van der Waals surface area contributed by atoms with E-state index in [0.717, 1.165) is 6.42 Å². The van der Waals surface area contributed by atoms with Crippen molar-refractivity contribution in [2.45, 2.75) is 35.6 Å². The number of aryl methyl sites for hydroxylation is 1. The second kappa shape index (κ2) is 12.2. The first kappa shape index (κ1) is 28.5. The van der Waals surface area contributed by atoms with Gasteiger partial charge in [-0.2, -0.15) is 4.31 Å². The Labute approximate surface area is 243 Å². The van der Waals surface area contributed by atoms with Crippen molar-refractivity contribution in [2.24, 2.45) is 0 Å². The van der Waals surface area contributed by atoms with Gasteiger partial charge in [0, 0.05) is 29.2 Å². The van der Waals surface area contributed by atoms with Gasteiger partial charge in [0.1, 0.15) is 0 Å². The highest BCUT2D eigenvalue weighted by Gasteiger charge is 2.28. The average Bonchev–Trinajstić information content (AvgIpc) is 3.40. The first-order valence-corrected chi connectivity index (χ1v) is 15.7. The Kier molecular flexibility index (Phi) is 8.72. The van der Waals surface area contributed by atoms with Gasteiger partial charge in [-0.25, -0.2) is 8.42 Å². The lowest BCUT2D eigenvalue weighted by Gasteiger charge is -2.26. The molecule has 0 N–H and O–H groups in total. The smallest absolute Gasteiger partial charge is 0.243 e. The molecular weight excluding hydrogens is 568 g/mol. The predicted octanol–water partition coefficient (Wildman–Crippen LogP) is 5.53. The first-order valence-electron chi connectivity index (χ1n) is 13.0. The van der Waals surface area contributed by atoms with Gasteiger partial charge in [0.2, 0.25) is 10.0 Å². The normalized spacial score (nSPS) is 15.2. The summed E-state index contributed by atoms with van der Waals surface area (Å²) in [5.74, 6) is 0.421. The largest absolute Gasteiger partial charge is 0.379 e. The molecule has 1 aliphatic rings. The van der Waals surface area contributed by atoms with Gasteiger partial charge in [-0.15, -0.1) is 10.2 Å². The van der Waals surface area contributed by atoms with Gasteiger partial charge >= 0.3 is 0 Å². The molecule has 0 radical (unpaired) electrons. The molecule has 0 unspecified atom stereocenters. The number of benzene rings is 3. The van der Waals surface area contributed by atoms with Crippen LogP contribution in [0.3, 0.4) is 0 Å². The van der Waals surface area contributed by atoms with Crippen molar-refractivity contribution in [3.63, 3.8) is 0 Å². The Balaban J connectivity index is 1.51. The van der Waals surface area contributed by atoms with E-state index >= 15 is 0 Å². The average molecular weight is 597 g/mol. The molecule has 1 atom stereocenters. The molecule has 1 fully saturated rings. The van der Waals surface area contributed by atoms with Crippen LogP contribution in [0.1, 0.15) is 29.8 Å². The number of hydrogen-bond acceptors (Lipinski definition) is 7. The zero-order valence-corrected chi connectivity index (χ0v) is 24.5. The minimum absolute atomic E-state index is 0.0200. The van der Waals surface area contributed by atoms with Gasteiger partial charge in [0.15, 0.2) is 16.8 Å². The fraction of sp³-hybridized carbons (Fsp3) is 0.276. The Morgan fingerprint density at radius 2 is 1.75 bits per heavy atom. The van der Waals surface area contributed by atoms with E-state index < -0.39 is 15.3 Å². The third-order valence-electron chi connectivity index (χ3n) is 6.70. The molecule has 8 nitrogen and oxygen atoms in total. The Hall–Kier alpha value is -3.02. The zero-order valence-electron chi connectivity index (χ0n) is 22.2. The van der Waals surface area contributed by atoms with Gasteiger partial charge < -0.3 is 4.74 Å². The first-order chi connectivity index (χ1) is 19.3. The number of rotatable bonds is 9. The predicted molar refractivity (Wildman–Crippen MR) is 157 cm³/mol. The third-order valence-corrected chi connectivity index (χ3v) is 9.87. The van der Waals surface area contributed by atoms with Crippen LogP contribution in [0.5, 0.6) is 0 Å². The van der Waals surface area contributed by atoms with Crippen LogP contribution in [-0.4, -0.2) is 64.8 Å². The highest BCUT2D eigenvalue weighted by atomic mass is 35.5. The maximum atomic E-state index is 13.3. The summed E-state index contributed by atoms with van der Waals surface area (Å²) in [6, 6.07) is 21.5. The summed E-state index contributed by atoms with van der Waals surface area (Å²) in [5, 5.41) is 9.44. The van der Waals surface area contributed by atoms with Crippen LogP contribution in [-0.2, 0) is 21.2 Å². The number of aromatic nitrogens is 3. The molecule has 4 aromatic rings. The van der Waals surface area contributed by atoms with Crippen molar-refractivity contribution in [1.29, 1.82) is 0 Å². The number of carbonyl (C=O) groups excluding carboxylic acids is 1. The molecule has 0 aliphatic carbocycles. The second-order valence-electron chi connectivity index (χ2n) is 9.34. The molecule has 3 aromatic carbocycles. The van der Waals surface area contributed by atoms with E-state index in [-0.39, 0.29) is 10.7 Å². The van der Waals surface area contributed by atoms with Crippen molar-refractivity contribution in [3.8, 4) is 17.1 Å². The number of morpholine rings is 1. The standard InChI is InChI=1S/C29H29ClN4O4S2/c1-3-21-10-12-22(13-11-21)27(35)20(2)39-29-32-31-28(34(29)25-8-5-7-24(30)19-25)23-6-4-9-26(18-23)40(36,37)33-14-16-38-17-15-33/h4-13,18-20H,3,14-17H2,1-2H3/t20-/m0/s1. The van der Waals surface area contributed by atoms with Crippen LogP contribution in [0.25, 0.3) is 17.1 Å². The summed E-state index contributed by atoms with van der Waals surface area (Å²) in [7, 11) is -3.71. The molecule has 1 aliphatic heterocycles. The Bertz CT molecular complexity index is 1620. The number of Topliss-reactive ketones (excluding diaryl/α,β-unsaturated/α-hetero) is 1. The number of ether oxygens (including phenoxy) is 1. The van der Waals surface area contributed by atoms with Crippen molar-refractivity contribution >= 4 is 39.2 Å².